The molecular formula is C10H9IN2O. The number of nitrogens with one attached hydrogen (secondary N) is 1. The summed E-state index contributed by atoms with van der Waals surface area (Å²) in [5, 5.41) is 11.3. The highest BCUT2D eigenvalue weighted by atomic mass is 127. The maximum atomic E-state index is 11.4. The number of hydrogen-bond donors (Lipinski definition) is 1. The van der Waals surface area contributed by atoms with Gasteiger partial charge in [-0.2, -0.15) is 5.26 Å². The molecule has 1 N–H and O–H groups in total. The minimum atomic E-state index is -0.0915. The third-order valence-electron chi connectivity index (χ3n) is 1.66. The molecule has 0 spiro atoms. The van der Waals surface area contributed by atoms with Crippen LogP contribution in [0.3, 0.4) is 0 Å². The van der Waals surface area contributed by atoms with Gasteiger partial charge in [-0.3, -0.25) is 4.79 Å². The van der Waals surface area contributed by atoms with Crippen molar-refractivity contribution in [1.82, 2.24) is 5.32 Å². The molecule has 3 nitrogen and oxygen atoms in total. The van der Waals surface area contributed by atoms with Crippen molar-refractivity contribution in [3.8, 4) is 6.07 Å². The van der Waals surface area contributed by atoms with Crippen LogP contribution in [-0.2, 0) is 0 Å². The van der Waals surface area contributed by atoms with E-state index >= 15 is 0 Å². The van der Waals surface area contributed by atoms with Crippen LogP contribution in [0.5, 0.6) is 0 Å². The van der Waals surface area contributed by atoms with E-state index in [9.17, 15) is 4.79 Å². The van der Waals surface area contributed by atoms with E-state index in [4.69, 9.17) is 5.26 Å². The van der Waals surface area contributed by atoms with E-state index in [0.29, 0.717) is 17.7 Å². The van der Waals surface area contributed by atoms with Crippen LogP contribution in [0, 0.1) is 11.3 Å². The Labute approximate surface area is 96.3 Å². The molecule has 0 fully saturated rings. The van der Waals surface area contributed by atoms with E-state index in [0.717, 1.165) is 4.43 Å². The predicted molar refractivity (Wildman–Crippen MR) is 62.4 cm³/mol. The van der Waals surface area contributed by atoms with Gasteiger partial charge < -0.3 is 5.32 Å². The molecule has 1 rings (SSSR count). The van der Waals surface area contributed by atoms with Crippen molar-refractivity contribution in [3.63, 3.8) is 0 Å². The van der Waals surface area contributed by atoms with Crippen molar-refractivity contribution in [1.29, 1.82) is 5.26 Å². The van der Waals surface area contributed by atoms with Crippen molar-refractivity contribution in [2.24, 2.45) is 0 Å². The number of halogens is 1. The van der Waals surface area contributed by atoms with E-state index in [-0.39, 0.29) is 5.91 Å². The molecule has 0 aliphatic carbocycles. The van der Waals surface area contributed by atoms with Gasteiger partial charge in [-0.05, 0) is 24.3 Å². The molecule has 0 heterocycles. The Morgan fingerprint density at radius 2 is 2.07 bits per heavy atom. The quantitative estimate of drug-likeness (QED) is 0.682. The molecule has 0 aliphatic rings. The molecule has 1 aromatic rings. The molecule has 0 atom stereocenters. The maximum Gasteiger partial charge on any atom is 0.251 e. The van der Waals surface area contributed by atoms with Crippen molar-refractivity contribution in [2.45, 2.75) is 0 Å². The van der Waals surface area contributed by atoms with Gasteiger partial charge in [0.05, 0.1) is 11.6 Å². The number of benzene rings is 1. The predicted octanol–water partition coefficient (Wildman–Crippen LogP) is 1.72. The highest BCUT2D eigenvalue weighted by Gasteiger charge is 2.03. The van der Waals surface area contributed by atoms with Gasteiger partial charge in [0, 0.05) is 16.5 Å². The molecule has 4 heteroatoms. The van der Waals surface area contributed by atoms with Gasteiger partial charge in [0.1, 0.15) is 0 Å². The Morgan fingerprint density at radius 1 is 1.43 bits per heavy atom. The molecule has 0 unspecified atom stereocenters. The van der Waals surface area contributed by atoms with Crippen LogP contribution in [0.15, 0.2) is 24.3 Å². The third kappa shape index (κ3) is 3.00. The van der Waals surface area contributed by atoms with Gasteiger partial charge in [-0.15, -0.1) is 0 Å². The fourth-order valence-electron chi connectivity index (χ4n) is 0.959. The minimum absolute atomic E-state index is 0.0915. The summed E-state index contributed by atoms with van der Waals surface area (Å²) in [5.74, 6) is -0.0915. The molecule has 14 heavy (non-hydrogen) atoms. The van der Waals surface area contributed by atoms with E-state index in [1.165, 1.54) is 0 Å². The Balaban J connectivity index is 2.68. The zero-order valence-electron chi connectivity index (χ0n) is 7.46. The highest BCUT2D eigenvalue weighted by molar-refractivity contribution is 14.1. The second-order valence-electron chi connectivity index (χ2n) is 2.63. The van der Waals surface area contributed by atoms with Crippen LogP contribution in [0.2, 0.25) is 0 Å². The van der Waals surface area contributed by atoms with Crippen LogP contribution in [0.4, 0.5) is 0 Å². The Kier molecular flexibility index (Phi) is 4.40. The van der Waals surface area contributed by atoms with E-state index in [2.05, 4.69) is 27.9 Å². The second kappa shape index (κ2) is 5.60. The van der Waals surface area contributed by atoms with Crippen molar-refractivity contribution in [2.75, 3.05) is 11.0 Å². The van der Waals surface area contributed by atoms with Crippen LogP contribution in [-0.4, -0.2) is 16.9 Å². The Morgan fingerprint density at radius 3 is 2.57 bits per heavy atom. The number of nitrogens with zero attached hydrogens (tertiary/aromatic N) is 1. The number of alkyl halides is 1. The lowest BCUT2D eigenvalue weighted by Crippen LogP contribution is -2.24. The van der Waals surface area contributed by atoms with Gasteiger partial charge in [-0.1, -0.05) is 22.6 Å². The largest absolute Gasteiger partial charge is 0.351 e. The van der Waals surface area contributed by atoms with Crippen molar-refractivity contribution >= 4 is 28.5 Å². The molecule has 72 valence electrons. The van der Waals surface area contributed by atoms with Gasteiger partial charge in [0.25, 0.3) is 5.91 Å². The van der Waals surface area contributed by atoms with Gasteiger partial charge >= 0.3 is 0 Å². The first-order valence-corrected chi connectivity index (χ1v) is 5.65. The zero-order valence-corrected chi connectivity index (χ0v) is 9.61. The zero-order chi connectivity index (χ0) is 10.4. The van der Waals surface area contributed by atoms with Crippen LogP contribution >= 0.6 is 22.6 Å². The number of carbonyl (C=O) groups excluding carboxylic acids is 1. The topological polar surface area (TPSA) is 52.9 Å². The number of nitriles is 1. The van der Waals surface area contributed by atoms with Crippen LogP contribution in [0.25, 0.3) is 0 Å². The smallest absolute Gasteiger partial charge is 0.251 e. The van der Waals surface area contributed by atoms with E-state index in [1.807, 2.05) is 6.07 Å². The van der Waals surface area contributed by atoms with E-state index < -0.39 is 0 Å². The molecule has 1 amide bonds. The molecule has 0 aliphatic heterocycles. The SMILES string of the molecule is N#Cc1ccc(C(=O)NCCI)cc1. The van der Waals surface area contributed by atoms with Gasteiger partial charge in [0.2, 0.25) is 0 Å². The number of carbonyl (C=O) groups is 1. The molecule has 0 aromatic heterocycles. The van der Waals surface area contributed by atoms with Crippen molar-refractivity contribution < 1.29 is 4.79 Å². The molecule has 0 saturated carbocycles. The van der Waals surface area contributed by atoms with Crippen molar-refractivity contribution in [3.05, 3.63) is 35.4 Å². The van der Waals surface area contributed by atoms with E-state index in [1.54, 1.807) is 24.3 Å². The first-order chi connectivity index (χ1) is 6.77. The standard InChI is InChI=1S/C10H9IN2O/c11-5-6-13-10(14)9-3-1-8(7-12)2-4-9/h1-4H,5-6H2,(H,13,14). The van der Waals surface area contributed by atoms with Crippen LogP contribution < -0.4 is 5.32 Å². The maximum absolute atomic E-state index is 11.4. The first kappa shape index (κ1) is 11.0. The summed E-state index contributed by atoms with van der Waals surface area (Å²) in [6.45, 7) is 0.666. The second-order valence-corrected chi connectivity index (χ2v) is 3.71. The summed E-state index contributed by atoms with van der Waals surface area (Å²) < 4.78 is 0.889. The lowest BCUT2D eigenvalue weighted by molar-refractivity contribution is 0.0956. The average Bonchev–Trinajstić information content (AvgIpc) is 2.26. The number of rotatable bonds is 3. The number of hydrogen-bond acceptors (Lipinski definition) is 2. The first-order valence-electron chi connectivity index (χ1n) is 4.12. The summed E-state index contributed by atoms with van der Waals surface area (Å²) in [6.07, 6.45) is 0. The average molecular weight is 300 g/mol. The molecule has 0 saturated heterocycles. The highest BCUT2D eigenvalue weighted by Crippen LogP contribution is 2.02. The number of amides is 1. The normalized spacial score (nSPS) is 9.14. The third-order valence-corrected chi connectivity index (χ3v) is 2.20. The fourth-order valence-corrected chi connectivity index (χ4v) is 1.23. The summed E-state index contributed by atoms with van der Waals surface area (Å²) in [5.41, 5.74) is 1.16. The molecular weight excluding hydrogens is 291 g/mol. The Bertz CT molecular complexity index is 353. The van der Waals surface area contributed by atoms with Gasteiger partial charge in [0.15, 0.2) is 0 Å². The molecule has 1 aromatic carbocycles. The van der Waals surface area contributed by atoms with Crippen LogP contribution in [0.1, 0.15) is 15.9 Å². The summed E-state index contributed by atoms with van der Waals surface area (Å²) in [6, 6.07) is 8.59. The monoisotopic (exact) mass is 300 g/mol. The summed E-state index contributed by atoms with van der Waals surface area (Å²) in [4.78, 5) is 11.4. The minimum Gasteiger partial charge on any atom is -0.351 e. The Hall–Kier alpha value is -1.09. The molecule has 0 bridgehead atoms. The fraction of sp³-hybridized carbons (Fsp3) is 0.200. The summed E-state index contributed by atoms with van der Waals surface area (Å²) >= 11 is 2.19. The van der Waals surface area contributed by atoms with Gasteiger partial charge in [-0.25, -0.2) is 0 Å². The lowest BCUT2D eigenvalue weighted by Gasteiger charge is -2.02. The molecule has 0 radical (unpaired) electrons. The summed E-state index contributed by atoms with van der Waals surface area (Å²) in [7, 11) is 0. The lowest BCUT2D eigenvalue weighted by atomic mass is 10.1.